The van der Waals surface area contributed by atoms with Crippen molar-refractivity contribution in [2.45, 2.75) is 20.4 Å². The van der Waals surface area contributed by atoms with Crippen molar-refractivity contribution in [3.8, 4) is 0 Å². The van der Waals surface area contributed by atoms with E-state index in [2.05, 4.69) is 5.32 Å². The largest absolute Gasteiger partial charge is 0.478 e. The van der Waals surface area contributed by atoms with Crippen molar-refractivity contribution in [3.63, 3.8) is 0 Å². The van der Waals surface area contributed by atoms with E-state index in [9.17, 15) is 14.0 Å². The van der Waals surface area contributed by atoms with Crippen LogP contribution in [-0.2, 0) is 11.3 Å². The highest BCUT2D eigenvalue weighted by Gasteiger charge is 2.11. The highest BCUT2D eigenvalue weighted by Crippen LogP contribution is 2.10. The third-order valence-electron chi connectivity index (χ3n) is 3.00. The molecule has 0 spiro atoms. The van der Waals surface area contributed by atoms with Crippen LogP contribution in [0.1, 0.15) is 29.8 Å². The number of aromatic carboxylic acids is 1. The molecule has 0 atom stereocenters. The second kappa shape index (κ2) is 7.59. The maximum atomic E-state index is 13.5. The third-order valence-corrected chi connectivity index (χ3v) is 3.00. The molecule has 5 nitrogen and oxygen atoms in total. The maximum absolute atomic E-state index is 13.5. The van der Waals surface area contributed by atoms with E-state index in [-0.39, 0.29) is 30.1 Å². The van der Waals surface area contributed by atoms with Gasteiger partial charge in [-0.15, -0.1) is 0 Å². The highest BCUT2D eigenvalue weighted by molar-refractivity contribution is 5.87. The number of carbonyl (C=O) groups is 2. The Morgan fingerprint density at radius 2 is 1.95 bits per heavy atom. The minimum Gasteiger partial charge on any atom is -0.478 e. The number of halogens is 1. The fourth-order valence-electron chi connectivity index (χ4n) is 1.84. The number of carbonyl (C=O) groups excluding carboxylic acids is 1. The van der Waals surface area contributed by atoms with E-state index in [1.807, 2.05) is 13.8 Å². The Hall–Kier alpha value is -1.95. The molecule has 0 fully saturated rings. The first-order valence-corrected chi connectivity index (χ1v) is 6.49. The van der Waals surface area contributed by atoms with Crippen LogP contribution in [0.2, 0.25) is 0 Å². The minimum atomic E-state index is -1.11. The predicted octanol–water partition coefficient (Wildman–Crippen LogP) is 1.48. The highest BCUT2D eigenvalue weighted by atomic mass is 19.1. The second-order valence-corrected chi connectivity index (χ2v) is 4.28. The molecule has 0 aliphatic rings. The number of nitrogens with one attached hydrogen (secondary N) is 1. The van der Waals surface area contributed by atoms with Gasteiger partial charge in [0.1, 0.15) is 5.82 Å². The van der Waals surface area contributed by atoms with Crippen LogP contribution in [0.3, 0.4) is 0 Å². The van der Waals surface area contributed by atoms with E-state index in [4.69, 9.17) is 5.11 Å². The number of hydrogen-bond acceptors (Lipinski definition) is 3. The summed E-state index contributed by atoms with van der Waals surface area (Å²) in [4.78, 5) is 24.2. The fourth-order valence-corrected chi connectivity index (χ4v) is 1.84. The smallest absolute Gasteiger partial charge is 0.335 e. The molecule has 0 aliphatic carbocycles. The predicted molar refractivity (Wildman–Crippen MR) is 73.0 cm³/mol. The molecule has 2 N–H and O–H groups in total. The lowest BCUT2D eigenvalue weighted by atomic mass is 10.1. The molecule has 0 unspecified atom stereocenters. The van der Waals surface area contributed by atoms with Crippen LogP contribution < -0.4 is 5.32 Å². The van der Waals surface area contributed by atoms with Gasteiger partial charge < -0.3 is 15.3 Å². The van der Waals surface area contributed by atoms with Crippen molar-refractivity contribution in [2.24, 2.45) is 0 Å². The van der Waals surface area contributed by atoms with Crippen LogP contribution in [0.15, 0.2) is 18.2 Å². The average Bonchev–Trinajstić information content (AvgIpc) is 2.42. The maximum Gasteiger partial charge on any atom is 0.335 e. The number of rotatable bonds is 7. The molecule has 20 heavy (non-hydrogen) atoms. The molecule has 1 aromatic rings. The molecule has 0 radical (unpaired) electrons. The first kappa shape index (κ1) is 16.1. The van der Waals surface area contributed by atoms with Gasteiger partial charge >= 0.3 is 5.97 Å². The summed E-state index contributed by atoms with van der Waals surface area (Å²) in [7, 11) is 0. The molecular formula is C14H19FN2O3. The number of carboxylic acid groups (broad SMARTS) is 1. The quantitative estimate of drug-likeness (QED) is 0.795. The molecule has 6 heteroatoms. The number of hydrogen-bond donors (Lipinski definition) is 2. The van der Waals surface area contributed by atoms with Crippen LogP contribution in [0.25, 0.3) is 0 Å². The van der Waals surface area contributed by atoms with E-state index in [0.29, 0.717) is 13.1 Å². The Morgan fingerprint density at radius 3 is 2.50 bits per heavy atom. The molecular weight excluding hydrogens is 263 g/mol. The zero-order chi connectivity index (χ0) is 15.1. The van der Waals surface area contributed by atoms with Crippen LogP contribution in [-0.4, -0.2) is 41.5 Å². The Labute approximate surface area is 117 Å². The number of carboxylic acids is 1. The summed E-state index contributed by atoms with van der Waals surface area (Å²) in [5.41, 5.74) is 0.260. The Morgan fingerprint density at radius 1 is 1.30 bits per heavy atom. The summed E-state index contributed by atoms with van der Waals surface area (Å²) in [5, 5.41) is 11.7. The first-order chi connectivity index (χ1) is 9.49. The summed E-state index contributed by atoms with van der Waals surface area (Å²) < 4.78 is 13.5. The van der Waals surface area contributed by atoms with Crippen molar-refractivity contribution < 1.29 is 19.1 Å². The minimum absolute atomic E-state index is 0.0262. The standard InChI is InChI=1S/C14H19FN2O3/c1-3-17(4-2)13(18)9-16-8-11-7-10(14(19)20)5-6-12(11)15/h5-7,16H,3-4,8-9H2,1-2H3,(H,19,20). The molecule has 0 aliphatic heterocycles. The van der Waals surface area contributed by atoms with Gasteiger partial charge in [-0.05, 0) is 32.0 Å². The molecule has 1 aromatic carbocycles. The second-order valence-electron chi connectivity index (χ2n) is 4.28. The molecule has 0 bridgehead atoms. The van der Waals surface area contributed by atoms with Gasteiger partial charge in [0.15, 0.2) is 0 Å². The lowest BCUT2D eigenvalue weighted by Crippen LogP contribution is -2.37. The van der Waals surface area contributed by atoms with E-state index in [0.717, 1.165) is 6.07 Å². The van der Waals surface area contributed by atoms with E-state index < -0.39 is 11.8 Å². The number of likely N-dealkylation sites (N-methyl/N-ethyl adjacent to an activating group) is 1. The molecule has 1 rings (SSSR count). The van der Waals surface area contributed by atoms with Crippen LogP contribution in [0, 0.1) is 5.82 Å². The van der Waals surface area contributed by atoms with Gasteiger partial charge in [-0.25, -0.2) is 9.18 Å². The Bertz CT molecular complexity index is 487. The van der Waals surface area contributed by atoms with Crippen molar-refractivity contribution >= 4 is 11.9 Å². The molecule has 0 heterocycles. The van der Waals surface area contributed by atoms with Gasteiger partial charge in [0.05, 0.1) is 12.1 Å². The van der Waals surface area contributed by atoms with Gasteiger partial charge in [-0.3, -0.25) is 4.79 Å². The average molecular weight is 282 g/mol. The zero-order valence-corrected chi connectivity index (χ0v) is 11.6. The van der Waals surface area contributed by atoms with Crippen molar-refractivity contribution in [3.05, 3.63) is 35.1 Å². The molecule has 0 saturated heterocycles. The van der Waals surface area contributed by atoms with E-state index in [1.54, 1.807) is 4.90 Å². The van der Waals surface area contributed by atoms with Gasteiger partial charge in [0, 0.05) is 25.2 Å². The summed E-state index contributed by atoms with van der Waals surface area (Å²) in [5.74, 6) is -1.66. The monoisotopic (exact) mass is 282 g/mol. The molecule has 1 amide bonds. The van der Waals surface area contributed by atoms with Gasteiger partial charge in [0.2, 0.25) is 5.91 Å². The number of amides is 1. The van der Waals surface area contributed by atoms with Gasteiger partial charge in [0.25, 0.3) is 0 Å². The third kappa shape index (κ3) is 4.31. The Kier molecular flexibility index (Phi) is 6.11. The summed E-state index contributed by atoms with van der Waals surface area (Å²) in [6, 6.07) is 3.60. The summed E-state index contributed by atoms with van der Waals surface area (Å²) >= 11 is 0. The van der Waals surface area contributed by atoms with E-state index in [1.165, 1.54) is 12.1 Å². The molecule has 0 aromatic heterocycles. The lowest BCUT2D eigenvalue weighted by Gasteiger charge is -2.18. The van der Waals surface area contributed by atoms with Crippen LogP contribution in [0.5, 0.6) is 0 Å². The zero-order valence-electron chi connectivity index (χ0n) is 11.6. The van der Waals surface area contributed by atoms with Gasteiger partial charge in [-0.1, -0.05) is 0 Å². The van der Waals surface area contributed by atoms with Crippen molar-refractivity contribution in [1.82, 2.24) is 10.2 Å². The fraction of sp³-hybridized carbons (Fsp3) is 0.429. The topological polar surface area (TPSA) is 69.6 Å². The van der Waals surface area contributed by atoms with Crippen molar-refractivity contribution in [2.75, 3.05) is 19.6 Å². The SMILES string of the molecule is CCN(CC)C(=O)CNCc1cc(C(=O)O)ccc1F. The Balaban J connectivity index is 2.60. The normalized spacial score (nSPS) is 10.3. The van der Waals surface area contributed by atoms with Crippen LogP contribution >= 0.6 is 0 Å². The molecule has 0 saturated carbocycles. The first-order valence-electron chi connectivity index (χ1n) is 6.49. The van der Waals surface area contributed by atoms with E-state index >= 15 is 0 Å². The van der Waals surface area contributed by atoms with Gasteiger partial charge in [-0.2, -0.15) is 0 Å². The van der Waals surface area contributed by atoms with Crippen molar-refractivity contribution in [1.29, 1.82) is 0 Å². The number of nitrogens with zero attached hydrogens (tertiary/aromatic N) is 1. The number of benzene rings is 1. The summed E-state index contributed by atoms with van der Waals surface area (Å²) in [6.07, 6.45) is 0. The molecule has 110 valence electrons. The lowest BCUT2D eigenvalue weighted by molar-refractivity contribution is -0.129. The van der Waals surface area contributed by atoms with Crippen LogP contribution in [0.4, 0.5) is 4.39 Å². The summed E-state index contributed by atoms with van der Waals surface area (Å²) in [6.45, 7) is 5.23.